The molecule has 14 heavy (non-hydrogen) atoms. The molecule has 0 aliphatic rings. The zero-order chi connectivity index (χ0) is 11.0. The summed E-state index contributed by atoms with van der Waals surface area (Å²) in [5.41, 5.74) is 0.511. The molecular weight excluding hydrogens is 204 g/mol. The molecular formula is C8H10BClNO3. The maximum atomic E-state index is 11.0. The number of nitrogens with one attached hydrogen (secondary N) is 1. The van der Waals surface area contributed by atoms with Gasteiger partial charge in [-0.1, -0.05) is 23.7 Å². The summed E-state index contributed by atoms with van der Waals surface area (Å²) in [6.45, 7) is 0. The quantitative estimate of drug-likeness (QED) is 0.585. The number of hydrogen-bond acceptors (Lipinski definition) is 3. The molecule has 0 aliphatic carbocycles. The summed E-state index contributed by atoms with van der Waals surface area (Å²) in [6.07, 6.45) is 0. The molecule has 6 heteroatoms. The zero-order valence-electron chi connectivity index (χ0n) is 7.57. The maximum Gasteiger partial charge on any atom is 0.482 e. The van der Waals surface area contributed by atoms with Crippen LogP contribution in [0.25, 0.3) is 0 Å². The molecule has 1 amide bonds. The van der Waals surface area contributed by atoms with Crippen molar-refractivity contribution in [2.45, 2.75) is 0 Å². The van der Waals surface area contributed by atoms with E-state index in [9.17, 15) is 4.79 Å². The van der Waals surface area contributed by atoms with E-state index in [1.165, 1.54) is 0 Å². The van der Waals surface area contributed by atoms with Crippen molar-refractivity contribution in [2.75, 3.05) is 7.05 Å². The van der Waals surface area contributed by atoms with Crippen LogP contribution in [0.5, 0.6) is 0 Å². The van der Waals surface area contributed by atoms with Gasteiger partial charge in [0.1, 0.15) is 0 Å². The Bertz CT molecular complexity index is 296. The lowest BCUT2D eigenvalue weighted by molar-refractivity contribution is 0.0963. The SMILES string of the molecule is CNC(=O)c1ccccc1Cl.O[B]O. The van der Waals surface area contributed by atoms with Crippen molar-refractivity contribution < 1.29 is 14.8 Å². The fraction of sp³-hybridized carbons (Fsp3) is 0.125. The largest absolute Gasteiger partial charge is 0.482 e. The molecule has 0 saturated carbocycles. The molecule has 0 atom stereocenters. The molecule has 1 radical (unpaired) electrons. The van der Waals surface area contributed by atoms with Crippen LogP contribution in [-0.2, 0) is 0 Å². The summed E-state index contributed by atoms with van der Waals surface area (Å²) in [6, 6.07) is 6.93. The summed E-state index contributed by atoms with van der Waals surface area (Å²) in [5.74, 6) is -0.157. The normalized spacial score (nSPS) is 8.29. The van der Waals surface area contributed by atoms with Crippen LogP contribution in [0.15, 0.2) is 24.3 Å². The van der Waals surface area contributed by atoms with Crippen molar-refractivity contribution in [3.05, 3.63) is 34.9 Å². The van der Waals surface area contributed by atoms with Gasteiger partial charge in [0.25, 0.3) is 5.91 Å². The van der Waals surface area contributed by atoms with Gasteiger partial charge in [0, 0.05) is 7.05 Å². The van der Waals surface area contributed by atoms with E-state index >= 15 is 0 Å². The molecule has 0 aromatic heterocycles. The third kappa shape index (κ3) is 4.27. The van der Waals surface area contributed by atoms with Gasteiger partial charge >= 0.3 is 7.69 Å². The highest BCUT2D eigenvalue weighted by molar-refractivity contribution is 6.33. The Morgan fingerprint density at radius 3 is 2.36 bits per heavy atom. The summed E-state index contributed by atoms with van der Waals surface area (Å²) < 4.78 is 0. The standard InChI is InChI=1S/C8H8ClNO.BH2O2/c1-10-8(11)6-4-2-3-5-7(6)9;2-1-3/h2-5H,1H3,(H,10,11);2-3H. The predicted octanol–water partition coefficient (Wildman–Crippen LogP) is 0.205. The molecule has 0 bridgehead atoms. The van der Waals surface area contributed by atoms with E-state index in [0.29, 0.717) is 10.6 Å². The van der Waals surface area contributed by atoms with Gasteiger partial charge in [-0.05, 0) is 12.1 Å². The van der Waals surface area contributed by atoms with Gasteiger partial charge in [-0.15, -0.1) is 0 Å². The Labute approximate surface area is 87.8 Å². The molecule has 0 unspecified atom stereocenters. The van der Waals surface area contributed by atoms with Crippen molar-refractivity contribution in [2.24, 2.45) is 0 Å². The molecule has 0 saturated heterocycles. The van der Waals surface area contributed by atoms with Crippen LogP contribution in [0, 0.1) is 0 Å². The van der Waals surface area contributed by atoms with E-state index in [0.717, 1.165) is 0 Å². The number of halogens is 1. The third-order valence-corrected chi connectivity index (χ3v) is 1.68. The molecule has 1 aromatic carbocycles. The maximum absolute atomic E-state index is 11.0. The van der Waals surface area contributed by atoms with Crippen LogP contribution < -0.4 is 5.32 Å². The number of hydrogen-bond donors (Lipinski definition) is 3. The first-order valence-corrected chi connectivity index (χ1v) is 4.11. The van der Waals surface area contributed by atoms with Gasteiger partial charge in [0.2, 0.25) is 0 Å². The average molecular weight is 214 g/mol. The minimum Gasteiger partial charge on any atom is -0.429 e. The van der Waals surface area contributed by atoms with Crippen LogP contribution >= 0.6 is 11.6 Å². The molecule has 0 aliphatic heterocycles. The first kappa shape index (κ1) is 13.0. The minimum absolute atomic E-state index is 0. The van der Waals surface area contributed by atoms with Crippen molar-refractivity contribution in [3.63, 3.8) is 0 Å². The fourth-order valence-corrected chi connectivity index (χ4v) is 1.00. The molecule has 1 aromatic rings. The van der Waals surface area contributed by atoms with Gasteiger partial charge in [-0.2, -0.15) is 0 Å². The van der Waals surface area contributed by atoms with Gasteiger partial charge in [0.15, 0.2) is 0 Å². The monoisotopic (exact) mass is 214 g/mol. The van der Waals surface area contributed by atoms with Crippen LogP contribution in [0.4, 0.5) is 0 Å². The Balaban J connectivity index is 0.000000500. The van der Waals surface area contributed by atoms with E-state index < -0.39 is 0 Å². The lowest BCUT2D eigenvalue weighted by atomic mass is 10.2. The van der Waals surface area contributed by atoms with Crippen molar-refractivity contribution in [1.29, 1.82) is 0 Å². The fourth-order valence-electron chi connectivity index (χ4n) is 0.780. The van der Waals surface area contributed by atoms with Crippen LogP contribution in [0.2, 0.25) is 5.02 Å². The molecule has 0 spiro atoms. The number of benzene rings is 1. The lowest BCUT2D eigenvalue weighted by Gasteiger charge is -2.00. The number of rotatable bonds is 1. The van der Waals surface area contributed by atoms with Gasteiger partial charge < -0.3 is 15.4 Å². The topological polar surface area (TPSA) is 69.6 Å². The first-order valence-electron chi connectivity index (χ1n) is 3.74. The van der Waals surface area contributed by atoms with Gasteiger partial charge in [0.05, 0.1) is 10.6 Å². The summed E-state index contributed by atoms with van der Waals surface area (Å²) in [5, 5.41) is 17.0. The minimum atomic E-state index is -0.157. The summed E-state index contributed by atoms with van der Waals surface area (Å²) in [7, 11) is 1.58. The molecule has 0 heterocycles. The third-order valence-electron chi connectivity index (χ3n) is 1.35. The van der Waals surface area contributed by atoms with Crippen molar-refractivity contribution in [3.8, 4) is 0 Å². The predicted molar refractivity (Wildman–Crippen MR) is 55.0 cm³/mol. The number of carbonyl (C=O) groups is 1. The molecule has 75 valence electrons. The second-order valence-electron chi connectivity index (χ2n) is 2.17. The van der Waals surface area contributed by atoms with Crippen molar-refractivity contribution in [1.82, 2.24) is 5.32 Å². The Morgan fingerprint density at radius 2 is 1.93 bits per heavy atom. The molecule has 0 fully saturated rings. The number of carbonyl (C=O) groups excluding carboxylic acids is 1. The van der Waals surface area contributed by atoms with E-state index in [1.807, 2.05) is 0 Å². The zero-order valence-corrected chi connectivity index (χ0v) is 8.32. The summed E-state index contributed by atoms with van der Waals surface area (Å²) >= 11 is 5.74. The van der Waals surface area contributed by atoms with Gasteiger partial charge in [-0.3, -0.25) is 4.79 Å². The Hall–Kier alpha value is -1.04. The second-order valence-corrected chi connectivity index (χ2v) is 2.58. The number of amides is 1. The summed E-state index contributed by atoms with van der Waals surface area (Å²) in [4.78, 5) is 11.0. The smallest absolute Gasteiger partial charge is 0.429 e. The lowest BCUT2D eigenvalue weighted by Crippen LogP contribution is -2.17. The van der Waals surface area contributed by atoms with E-state index in [4.69, 9.17) is 21.6 Å². The molecule has 1 rings (SSSR count). The van der Waals surface area contributed by atoms with Crippen LogP contribution in [-0.4, -0.2) is 30.7 Å². The van der Waals surface area contributed by atoms with Crippen molar-refractivity contribution >= 4 is 25.2 Å². The highest BCUT2D eigenvalue weighted by Crippen LogP contribution is 2.13. The van der Waals surface area contributed by atoms with E-state index in [2.05, 4.69) is 5.32 Å². The Kier molecular flexibility index (Phi) is 6.83. The average Bonchev–Trinajstić information content (AvgIpc) is 2.19. The first-order chi connectivity index (χ1) is 6.67. The van der Waals surface area contributed by atoms with Crippen LogP contribution in [0.1, 0.15) is 10.4 Å². The highest BCUT2D eigenvalue weighted by Gasteiger charge is 2.05. The second kappa shape index (κ2) is 7.38. The Morgan fingerprint density at radius 1 is 1.43 bits per heavy atom. The highest BCUT2D eigenvalue weighted by atomic mass is 35.5. The van der Waals surface area contributed by atoms with Crippen LogP contribution in [0.3, 0.4) is 0 Å². The van der Waals surface area contributed by atoms with E-state index in [1.54, 1.807) is 31.3 Å². The molecule has 3 N–H and O–H groups in total. The van der Waals surface area contributed by atoms with Gasteiger partial charge in [-0.25, -0.2) is 0 Å². The molecule has 4 nitrogen and oxygen atoms in total. The van der Waals surface area contributed by atoms with E-state index in [-0.39, 0.29) is 13.6 Å².